The summed E-state index contributed by atoms with van der Waals surface area (Å²) in [7, 11) is 0. The quantitative estimate of drug-likeness (QED) is 0.829. The lowest BCUT2D eigenvalue weighted by atomic mass is 10.1. The van der Waals surface area contributed by atoms with E-state index in [-0.39, 0.29) is 22.8 Å². The summed E-state index contributed by atoms with van der Waals surface area (Å²) in [6.07, 6.45) is -5.84. The van der Waals surface area contributed by atoms with E-state index in [1.807, 2.05) is 5.32 Å². The summed E-state index contributed by atoms with van der Waals surface area (Å²) in [6.45, 7) is 1.66. The van der Waals surface area contributed by atoms with E-state index in [9.17, 15) is 31.9 Å². The molecular weight excluding hydrogens is 345 g/mol. The fourth-order valence-corrected chi connectivity index (χ4v) is 2.12. The topological polar surface area (TPSA) is 75.1 Å². The molecule has 0 saturated heterocycles. The van der Waals surface area contributed by atoms with Gasteiger partial charge in [0, 0.05) is 11.5 Å². The molecule has 0 radical (unpaired) electrons. The van der Waals surface area contributed by atoms with Crippen LogP contribution in [0.1, 0.15) is 21.7 Å². The minimum Gasteiger partial charge on any atom is -0.507 e. The Bertz CT molecular complexity index is 745. The summed E-state index contributed by atoms with van der Waals surface area (Å²) < 4.78 is 65.6. The summed E-state index contributed by atoms with van der Waals surface area (Å²) in [6, 6.07) is 4.07. The van der Waals surface area contributed by atoms with Gasteiger partial charge < -0.3 is 5.11 Å². The lowest BCUT2D eigenvalue weighted by Crippen LogP contribution is -2.34. The molecule has 2 rings (SSSR count). The summed E-state index contributed by atoms with van der Waals surface area (Å²) in [4.78, 5) is 14.8. The SMILES string of the molecule is Cc1ccc(C(=O)Nc2nc(C(F)(F)C(F)(F)F)ns2)c(O)c1. The Morgan fingerprint density at radius 3 is 2.48 bits per heavy atom. The maximum Gasteiger partial charge on any atom is 0.461 e. The molecule has 0 saturated carbocycles. The van der Waals surface area contributed by atoms with Crippen LogP contribution in [0.5, 0.6) is 5.75 Å². The normalized spacial score (nSPS) is 12.3. The molecule has 23 heavy (non-hydrogen) atoms. The molecule has 0 aliphatic heterocycles. The molecule has 0 aliphatic carbocycles. The van der Waals surface area contributed by atoms with E-state index in [1.54, 1.807) is 6.92 Å². The van der Waals surface area contributed by atoms with E-state index < -0.39 is 29.0 Å². The van der Waals surface area contributed by atoms with Crippen LogP contribution in [0.15, 0.2) is 18.2 Å². The highest BCUT2D eigenvalue weighted by Crippen LogP contribution is 2.43. The summed E-state index contributed by atoms with van der Waals surface area (Å²) in [5.74, 6) is -8.26. The third-order valence-corrected chi connectivity index (χ3v) is 3.31. The van der Waals surface area contributed by atoms with Gasteiger partial charge in [-0.15, -0.1) is 0 Å². The molecule has 0 fully saturated rings. The van der Waals surface area contributed by atoms with Gasteiger partial charge >= 0.3 is 12.1 Å². The number of amides is 1. The Balaban J connectivity index is 2.21. The van der Waals surface area contributed by atoms with Gasteiger partial charge in [-0.3, -0.25) is 10.1 Å². The zero-order chi connectivity index (χ0) is 17.4. The Morgan fingerprint density at radius 2 is 1.91 bits per heavy atom. The van der Waals surface area contributed by atoms with Crippen LogP contribution in [0, 0.1) is 6.92 Å². The molecule has 1 aromatic heterocycles. The number of aryl methyl sites for hydroxylation is 1. The number of carbonyl (C=O) groups is 1. The Hall–Kier alpha value is -2.30. The van der Waals surface area contributed by atoms with Crippen molar-refractivity contribution in [1.29, 1.82) is 0 Å². The molecule has 1 amide bonds. The first-order valence-corrected chi connectivity index (χ1v) is 6.69. The first kappa shape index (κ1) is 17.1. The van der Waals surface area contributed by atoms with Gasteiger partial charge in [0.25, 0.3) is 5.91 Å². The van der Waals surface area contributed by atoms with E-state index in [0.717, 1.165) is 0 Å². The number of rotatable bonds is 3. The van der Waals surface area contributed by atoms with E-state index >= 15 is 0 Å². The Kier molecular flexibility index (Phi) is 4.24. The van der Waals surface area contributed by atoms with Gasteiger partial charge in [-0.1, -0.05) is 6.07 Å². The van der Waals surface area contributed by atoms with Gasteiger partial charge in [0.1, 0.15) is 5.75 Å². The fourth-order valence-electron chi connectivity index (χ4n) is 1.53. The molecule has 0 aliphatic rings. The molecule has 2 N–H and O–H groups in total. The number of halogens is 5. The van der Waals surface area contributed by atoms with Crippen LogP contribution in [0.2, 0.25) is 0 Å². The highest BCUT2D eigenvalue weighted by Gasteiger charge is 2.61. The van der Waals surface area contributed by atoms with Crippen molar-refractivity contribution in [3.05, 3.63) is 35.2 Å². The van der Waals surface area contributed by atoms with Crippen LogP contribution < -0.4 is 5.32 Å². The average molecular weight is 353 g/mol. The van der Waals surface area contributed by atoms with Gasteiger partial charge in [0.2, 0.25) is 11.0 Å². The molecule has 0 spiro atoms. The van der Waals surface area contributed by atoms with Gasteiger partial charge in [0.15, 0.2) is 0 Å². The Morgan fingerprint density at radius 1 is 1.26 bits per heavy atom. The number of aromatic hydroxyl groups is 1. The van der Waals surface area contributed by atoms with Crippen LogP contribution in [0.4, 0.5) is 27.1 Å². The average Bonchev–Trinajstić information content (AvgIpc) is 2.86. The maximum atomic E-state index is 13.0. The lowest BCUT2D eigenvalue weighted by molar-refractivity contribution is -0.292. The minimum atomic E-state index is -5.84. The molecular formula is C12H8F5N3O2S. The predicted molar refractivity (Wildman–Crippen MR) is 70.7 cm³/mol. The Labute approximate surface area is 130 Å². The van der Waals surface area contributed by atoms with Gasteiger partial charge in [-0.25, -0.2) is 0 Å². The number of nitrogens with zero attached hydrogens (tertiary/aromatic N) is 2. The first-order valence-electron chi connectivity index (χ1n) is 5.92. The highest BCUT2D eigenvalue weighted by atomic mass is 32.1. The first-order chi connectivity index (χ1) is 10.5. The van der Waals surface area contributed by atoms with Crippen molar-refractivity contribution in [2.45, 2.75) is 19.0 Å². The molecule has 2 aromatic rings. The number of anilines is 1. The van der Waals surface area contributed by atoms with Gasteiger partial charge in [-0.05, 0) is 24.6 Å². The van der Waals surface area contributed by atoms with Crippen molar-refractivity contribution < 1.29 is 31.9 Å². The number of hydrogen-bond donors (Lipinski definition) is 2. The smallest absolute Gasteiger partial charge is 0.461 e. The molecule has 1 heterocycles. The second-order valence-electron chi connectivity index (χ2n) is 4.47. The molecule has 11 heteroatoms. The summed E-state index contributed by atoms with van der Waals surface area (Å²) >= 11 is 0.170. The fraction of sp³-hybridized carbons (Fsp3) is 0.250. The summed E-state index contributed by atoms with van der Waals surface area (Å²) in [5.41, 5.74) is 0.483. The molecule has 5 nitrogen and oxygen atoms in total. The standard InChI is InChI=1S/C12H8F5N3O2S/c1-5-2-3-6(7(21)4-5)8(22)18-10-19-9(20-23-10)11(13,14)12(15,16)17/h2-4,21H,1H3,(H,18,19,20,22). The summed E-state index contributed by atoms with van der Waals surface area (Å²) in [5, 5.41) is 11.1. The molecule has 0 unspecified atom stereocenters. The van der Waals surface area contributed by atoms with Crippen molar-refractivity contribution >= 4 is 22.6 Å². The highest BCUT2D eigenvalue weighted by molar-refractivity contribution is 7.09. The largest absolute Gasteiger partial charge is 0.507 e. The van der Waals surface area contributed by atoms with Crippen molar-refractivity contribution in [2.75, 3.05) is 5.32 Å². The van der Waals surface area contributed by atoms with E-state index in [2.05, 4.69) is 9.36 Å². The van der Waals surface area contributed by atoms with Crippen LogP contribution in [-0.2, 0) is 5.92 Å². The number of aromatic nitrogens is 2. The van der Waals surface area contributed by atoms with Crippen LogP contribution >= 0.6 is 11.5 Å². The van der Waals surface area contributed by atoms with Crippen LogP contribution in [-0.4, -0.2) is 26.5 Å². The number of phenolic OH excluding ortho intramolecular Hbond substituents is 1. The predicted octanol–water partition coefficient (Wildman–Crippen LogP) is 3.46. The second-order valence-corrected chi connectivity index (χ2v) is 5.22. The number of hydrogen-bond acceptors (Lipinski definition) is 5. The maximum absolute atomic E-state index is 13.0. The number of alkyl halides is 5. The van der Waals surface area contributed by atoms with Gasteiger partial charge in [-0.2, -0.15) is 31.3 Å². The van der Waals surface area contributed by atoms with Crippen LogP contribution in [0.3, 0.4) is 0 Å². The van der Waals surface area contributed by atoms with Crippen molar-refractivity contribution in [3.8, 4) is 5.75 Å². The lowest BCUT2D eigenvalue weighted by Gasteiger charge is -2.15. The minimum absolute atomic E-state index is 0.170. The van der Waals surface area contributed by atoms with E-state index in [0.29, 0.717) is 5.56 Å². The third-order valence-electron chi connectivity index (χ3n) is 2.68. The molecule has 0 bridgehead atoms. The zero-order valence-corrected chi connectivity index (χ0v) is 12.1. The molecule has 124 valence electrons. The number of benzene rings is 1. The number of carbonyl (C=O) groups excluding carboxylic acids is 1. The monoisotopic (exact) mass is 353 g/mol. The third kappa shape index (κ3) is 3.38. The second kappa shape index (κ2) is 5.72. The number of nitrogens with one attached hydrogen (secondary N) is 1. The van der Waals surface area contributed by atoms with Gasteiger partial charge in [0.05, 0.1) is 5.56 Å². The molecule has 1 aromatic carbocycles. The van der Waals surface area contributed by atoms with E-state index in [4.69, 9.17) is 0 Å². The zero-order valence-electron chi connectivity index (χ0n) is 11.3. The van der Waals surface area contributed by atoms with Crippen molar-refractivity contribution in [1.82, 2.24) is 9.36 Å². The molecule has 0 atom stereocenters. The van der Waals surface area contributed by atoms with Crippen molar-refractivity contribution in [2.24, 2.45) is 0 Å². The van der Waals surface area contributed by atoms with Crippen molar-refractivity contribution in [3.63, 3.8) is 0 Å². The van der Waals surface area contributed by atoms with E-state index in [1.165, 1.54) is 18.2 Å². The number of phenols is 1. The van der Waals surface area contributed by atoms with Crippen LogP contribution in [0.25, 0.3) is 0 Å².